The van der Waals surface area contributed by atoms with Gasteiger partial charge in [0.1, 0.15) is 0 Å². The Kier molecular flexibility index (Phi) is 6.85. The number of nitrogens with zero attached hydrogens (tertiary/aromatic N) is 2. The summed E-state index contributed by atoms with van der Waals surface area (Å²) in [6, 6.07) is 5.35. The molecule has 2 amide bonds. The summed E-state index contributed by atoms with van der Waals surface area (Å²) >= 11 is 0. The highest BCUT2D eigenvalue weighted by molar-refractivity contribution is 5.88. The Morgan fingerprint density at radius 1 is 1.31 bits per heavy atom. The molecule has 1 aromatic carbocycles. The first-order chi connectivity index (χ1) is 12.4. The lowest BCUT2D eigenvalue weighted by Gasteiger charge is -2.36. The van der Waals surface area contributed by atoms with Gasteiger partial charge >= 0.3 is 0 Å². The van der Waals surface area contributed by atoms with Gasteiger partial charge in [-0.05, 0) is 31.5 Å². The van der Waals surface area contributed by atoms with Crippen molar-refractivity contribution in [2.75, 3.05) is 34.4 Å². The summed E-state index contributed by atoms with van der Waals surface area (Å²) in [6.07, 6.45) is 0.174. The van der Waals surface area contributed by atoms with Crippen molar-refractivity contribution >= 4 is 11.8 Å². The molecule has 0 radical (unpaired) electrons. The first kappa shape index (κ1) is 20.0. The van der Waals surface area contributed by atoms with E-state index < -0.39 is 6.04 Å². The molecule has 1 aliphatic rings. The van der Waals surface area contributed by atoms with Gasteiger partial charge in [-0.2, -0.15) is 0 Å². The zero-order chi connectivity index (χ0) is 19.3. The third-order valence-corrected chi connectivity index (χ3v) is 4.81. The van der Waals surface area contributed by atoms with Crippen molar-refractivity contribution < 1.29 is 19.1 Å². The second-order valence-corrected chi connectivity index (χ2v) is 6.77. The van der Waals surface area contributed by atoms with Crippen LogP contribution in [-0.4, -0.2) is 68.1 Å². The smallest absolute Gasteiger partial charge is 0.237 e. The molecule has 0 unspecified atom stereocenters. The minimum atomic E-state index is -0.467. The van der Waals surface area contributed by atoms with Gasteiger partial charge in [-0.25, -0.2) is 0 Å². The molecule has 2 rings (SSSR count). The molecule has 0 aliphatic carbocycles. The van der Waals surface area contributed by atoms with E-state index in [2.05, 4.69) is 5.32 Å². The number of hydrogen-bond donors (Lipinski definition) is 1. The van der Waals surface area contributed by atoms with Crippen LogP contribution in [0.5, 0.6) is 11.5 Å². The molecule has 0 spiro atoms. The fraction of sp³-hybridized carbons (Fsp3) is 0.579. The molecule has 0 saturated carbocycles. The highest BCUT2D eigenvalue weighted by atomic mass is 16.5. The summed E-state index contributed by atoms with van der Waals surface area (Å²) in [5, 5.41) is 2.87. The van der Waals surface area contributed by atoms with E-state index in [-0.39, 0.29) is 24.3 Å². The summed E-state index contributed by atoms with van der Waals surface area (Å²) in [5.41, 5.74) is 1.01. The summed E-state index contributed by atoms with van der Waals surface area (Å²) in [4.78, 5) is 28.6. The Balaban J connectivity index is 2.15. The lowest BCUT2D eigenvalue weighted by Crippen LogP contribution is -2.56. The Bertz CT molecular complexity index is 648. The van der Waals surface area contributed by atoms with Crippen molar-refractivity contribution in [2.24, 2.45) is 0 Å². The highest BCUT2D eigenvalue weighted by Gasteiger charge is 2.32. The van der Waals surface area contributed by atoms with Crippen LogP contribution in [0.3, 0.4) is 0 Å². The zero-order valence-corrected chi connectivity index (χ0v) is 16.2. The van der Waals surface area contributed by atoms with Gasteiger partial charge in [-0.15, -0.1) is 0 Å². The number of nitrogens with one attached hydrogen (secondary N) is 1. The number of carbonyl (C=O) groups is 2. The van der Waals surface area contributed by atoms with E-state index in [0.717, 1.165) is 5.56 Å². The van der Waals surface area contributed by atoms with E-state index in [1.165, 1.54) is 0 Å². The fourth-order valence-electron chi connectivity index (χ4n) is 2.98. The van der Waals surface area contributed by atoms with E-state index in [4.69, 9.17) is 9.47 Å². The van der Waals surface area contributed by atoms with Crippen LogP contribution in [-0.2, 0) is 16.1 Å². The molecule has 0 aromatic heterocycles. The third kappa shape index (κ3) is 4.66. The van der Waals surface area contributed by atoms with Crippen LogP contribution < -0.4 is 14.8 Å². The maximum absolute atomic E-state index is 12.5. The van der Waals surface area contributed by atoms with Crippen LogP contribution >= 0.6 is 0 Å². The Labute approximate surface area is 155 Å². The van der Waals surface area contributed by atoms with Crippen LogP contribution in [0.4, 0.5) is 0 Å². The number of hydrogen-bond acceptors (Lipinski definition) is 5. The van der Waals surface area contributed by atoms with Gasteiger partial charge in [-0.3, -0.25) is 14.5 Å². The van der Waals surface area contributed by atoms with Crippen LogP contribution in [0.1, 0.15) is 25.8 Å². The molecule has 1 atom stereocenters. The zero-order valence-electron chi connectivity index (χ0n) is 16.2. The number of ether oxygens (including phenoxy) is 2. The molecule has 0 bridgehead atoms. The van der Waals surface area contributed by atoms with Crippen molar-refractivity contribution in [2.45, 2.75) is 38.9 Å². The van der Waals surface area contributed by atoms with E-state index in [1.54, 1.807) is 26.2 Å². The largest absolute Gasteiger partial charge is 0.493 e. The average molecular weight is 363 g/mol. The fourth-order valence-corrected chi connectivity index (χ4v) is 2.98. The SMILES string of the molecule is COc1ccc(CN2CCNC(=O)[C@H]2CC(=O)N(C)C(C)C)cc1OC. The van der Waals surface area contributed by atoms with Gasteiger partial charge in [0.05, 0.1) is 26.7 Å². The number of benzene rings is 1. The van der Waals surface area contributed by atoms with Gasteiger partial charge < -0.3 is 19.7 Å². The molecule has 1 saturated heterocycles. The standard InChI is InChI=1S/C19H29N3O4/c1-13(2)21(3)18(23)11-15-19(24)20-8-9-22(15)12-14-6-7-16(25-4)17(10-14)26-5/h6-7,10,13,15H,8-9,11-12H2,1-5H3,(H,20,24)/t15-/m1/s1. The molecule has 1 N–H and O–H groups in total. The average Bonchev–Trinajstić information content (AvgIpc) is 2.63. The molecular weight excluding hydrogens is 334 g/mol. The monoisotopic (exact) mass is 363 g/mol. The van der Waals surface area contributed by atoms with Crippen molar-refractivity contribution in [3.8, 4) is 11.5 Å². The van der Waals surface area contributed by atoms with E-state index in [9.17, 15) is 9.59 Å². The molecule has 7 nitrogen and oxygen atoms in total. The minimum Gasteiger partial charge on any atom is -0.493 e. The summed E-state index contributed by atoms with van der Waals surface area (Å²) in [6.45, 7) is 5.76. The minimum absolute atomic E-state index is 0.0284. The Morgan fingerprint density at radius 3 is 2.62 bits per heavy atom. The Hall–Kier alpha value is -2.28. The maximum Gasteiger partial charge on any atom is 0.237 e. The second kappa shape index (κ2) is 8.89. The lowest BCUT2D eigenvalue weighted by molar-refractivity contribution is -0.139. The number of rotatable bonds is 7. The number of piperazine rings is 1. The molecule has 7 heteroatoms. The highest BCUT2D eigenvalue weighted by Crippen LogP contribution is 2.28. The quantitative estimate of drug-likeness (QED) is 0.790. The summed E-state index contributed by atoms with van der Waals surface area (Å²) in [5.74, 6) is 1.19. The summed E-state index contributed by atoms with van der Waals surface area (Å²) in [7, 11) is 4.96. The predicted molar refractivity (Wildman–Crippen MR) is 99.3 cm³/mol. The number of amides is 2. The van der Waals surface area contributed by atoms with Crippen molar-refractivity contribution in [3.05, 3.63) is 23.8 Å². The molecule has 1 aromatic rings. The molecule has 26 heavy (non-hydrogen) atoms. The van der Waals surface area contributed by atoms with Crippen molar-refractivity contribution in [1.29, 1.82) is 0 Å². The second-order valence-electron chi connectivity index (χ2n) is 6.77. The normalized spacial score (nSPS) is 17.8. The maximum atomic E-state index is 12.5. The molecule has 1 fully saturated rings. The lowest BCUT2D eigenvalue weighted by atomic mass is 10.1. The third-order valence-electron chi connectivity index (χ3n) is 4.81. The summed E-state index contributed by atoms with van der Waals surface area (Å²) < 4.78 is 10.6. The van der Waals surface area contributed by atoms with Crippen LogP contribution in [0.25, 0.3) is 0 Å². The van der Waals surface area contributed by atoms with E-state index in [0.29, 0.717) is 31.1 Å². The number of carbonyl (C=O) groups excluding carboxylic acids is 2. The van der Waals surface area contributed by atoms with Crippen LogP contribution in [0, 0.1) is 0 Å². The topological polar surface area (TPSA) is 71.1 Å². The van der Waals surface area contributed by atoms with Gasteiger partial charge in [0.15, 0.2) is 11.5 Å². The van der Waals surface area contributed by atoms with Crippen molar-refractivity contribution in [3.63, 3.8) is 0 Å². The molecule has 1 aliphatic heterocycles. The van der Waals surface area contributed by atoms with Crippen LogP contribution in [0.15, 0.2) is 18.2 Å². The van der Waals surface area contributed by atoms with Gasteiger partial charge in [0, 0.05) is 32.7 Å². The van der Waals surface area contributed by atoms with Gasteiger partial charge in [-0.1, -0.05) is 6.07 Å². The van der Waals surface area contributed by atoms with Crippen molar-refractivity contribution in [1.82, 2.24) is 15.1 Å². The number of methoxy groups -OCH3 is 2. The van der Waals surface area contributed by atoms with Gasteiger partial charge in [0.2, 0.25) is 11.8 Å². The van der Waals surface area contributed by atoms with E-state index >= 15 is 0 Å². The molecule has 144 valence electrons. The molecule has 1 heterocycles. The van der Waals surface area contributed by atoms with E-state index in [1.807, 2.05) is 36.9 Å². The van der Waals surface area contributed by atoms with Crippen LogP contribution in [0.2, 0.25) is 0 Å². The van der Waals surface area contributed by atoms with Gasteiger partial charge in [0.25, 0.3) is 0 Å². The molecular formula is C19H29N3O4. The first-order valence-corrected chi connectivity index (χ1v) is 8.85. The first-order valence-electron chi connectivity index (χ1n) is 8.85. The predicted octanol–water partition coefficient (Wildman–Crippen LogP) is 1.26. The Morgan fingerprint density at radius 2 is 2.00 bits per heavy atom.